The van der Waals surface area contributed by atoms with Crippen LogP contribution in [0.25, 0.3) is 0 Å². The minimum atomic E-state index is -0.682. The average Bonchev–Trinajstić information content (AvgIpc) is 3.36. The highest BCUT2D eigenvalue weighted by Crippen LogP contribution is 2.18. The Bertz CT molecular complexity index is 1050. The maximum atomic E-state index is 12.5. The Balaban J connectivity index is 3.46. The van der Waals surface area contributed by atoms with Crippen LogP contribution in [0.4, 0.5) is 0 Å². The second-order valence-corrected chi connectivity index (χ2v) is 22.1. The molecule has 0 aliphatic rings. The lowest BCUT2D eigenvalue weighted by Gasteiger charge is -2.22. The molecule has 0 saturated carbocycles. The van der Waals surface area contributed by atoms with E-state index in [0.29, 0.717) is 25.9 Å². The van der Waals surface area contributed by atoms with Gasteiger partial charge in [-0.3, -0.25) is 9.59 Å². The molecule has 0 heterocycles. The normalized spacial score (nSPS) is 12.6. The lowest BCUT2D eigenvalue weighted by molar-refractivity contribution is -0.143. The van der Waals surface area contributed by atoms with Gasteiger partial charge in [0.2, 0.25) is 5.91 Å². The smallest absolute Gasteiger partial charge is 0.305 e. The Hall–Kier alpha value is -1.40. The van der Waals surface area contributed by atoms with Crippen LogP contribution >= 0.6 is 0 Å². The zero-order chi connectivity index (χ0) is 50.7. The van der Waals surface area contributed by atoms with E-state index in [4.69, 9.17) is 4.74 Å². The van der Waals surface area contributed by atoms with Gasteiger partial charge in [0.25, 0.3) is 0 Å². The van der Waals surface area contributed by atoms with Crippen molar-refractivity contribution >= 4 is 11.9 Å². The number of hydrogen-bond acceptors (Lipinski definition) is 5. The highest BCUT2D eigenvalue weighted by molar-refractivity contribution is 5.76. The van der Waals surface area contributed by atoms with Crippen LogP contribution in [0, 0.1) is 0 Å². The molecule has 0 bridgehead atoms. The summed E-state index contributed by atoms with van der Waals surface area (Å²) in [7, 11) is 0. The Morgan fingerprint density at radius 1 is 0.386 bits per heavy atom. The SMILES string of the molecule is CCCCCCCCCCCCCCCCCCCCCCCCCCC(O)C(CO)NC(=O)CCCCC/C=C\CCCCCCCCOC(=O)CCCCCCCCCCCCCCCCCC. The highest BCUT2D eigenvalue weighted by Gasteiger charge is 2.20. The molecule has 70 heavy (non-hydrogen) atoms. The molecule has 6 heteroatoms. The third kappa shape index (κ3) is 55.9. The van der Waals surface area contributed by atoms with Gasteiger partial charge in [-0.15, -0.1) is 0 Å². The molecule has 0 spiro atoms. The van der Waals surface area contributed by atoms with E-state index < -0.39 is 12.1 Å². The number of unbranched alkanes of at least 4 members (excludes halogenated alkanes) is 47. The van der Waals surface area contributed by atoms with Crippen molar-refractivity contribution in [1.82, 2.24) is 5.32 Å². The number of carbonyl (C=O) groups is 2. The number of rotatable bonds is 60. The van der Waals surface area contributed by atoms with Crippen LogP contribution in [0.3, 0.4) is 0 Å². The first-order valence-corrected chi connectivity index (χ1v) is 31.9. The summed E-state index contributed by atoms with van der Waals surface area (Å²) in [6.45, 7) is 4.95. The summed E-state index contributed by atoms with van der Waals surface area (Å²) in [6.07, 6.45) is 72.2. The van der Waals surface area contributed by atoms with E-state index in [-0.39, 0.29) is 18.5 Å². The van der Waals surface area contributed by atoms with Gasteiger partial charge in [0, 0.05) is 12.8 Å². The Morgan fingerprint density at radius 2 is 0.671 bits per heavy atom. The third-order valence-corrected chi connectivity index (χ3v) is 15.1. The quantitative estimate of drug-likeness (QED) is 0.0321. The van der Waals surface area contributed by atoms with Gasteiger partial charge in [-0.1, -0.05) is 309 Å². The molecule has 416 valence electrons. The van der Waals surface area contributed by atoms with E-state index in [1.165, 1.54) is 257 Å². The van der Waals surface area contributed by atoms with Crippen LogP contribution in [-0.4, -0.2) is 47.4 Å². The zero-order valence-electron chi connectivity index (χ0n) is 47.5. The first-order chi connectivity index (χ1) is 34.5. The molecule has 2 atom stereocenters. The summed E-state index contributed by atoms with van der Waals surface area (Å²) >= 11 is 0. The van der Waals surface area contributed by atoms with Crippen LogP contribution in [0.5, 0.6) is 0 Å². The van der Waals surface area contributed by atoms with Crippen LogP contribution in [0.2, 0.25) is 0 Å². The molecule has 0 aromatic rings. The molecule has 6 nitrogen and oxygen atoms in total. The van der Waals surface area contributed by atoms with Crippen molar-refractivity contribution in [2.75, 3.05) is 13.2 Å². The zero-order valence-corrected chi connectivity index (χ0v) is 47.5. The van der Waals surface area contributed by atoms with Gasteiger partial charge < -0.3 is 20.3 Å². The molecule has 0 aromatic heterocycles. The van der Waals surface area contributed by atoms with E-state index in [1.807, 2.05) is 0 Å². The van der Waals surface area contributed by atoms with Crippen molar-refractivity contribution in [3.63, 3.8) is 0 Å². The van der Waals surface area contributed by atoms with Crippen molar-refractivity contribution in [3.05, 3.63) is 12.2 Å². The number of ether oxygens (including phenoxy) is 1. The maximum Gasteiger partial charge on any atom is 0.305 e. The lowest BCUT2D eigenvalue weighted by Crippen LogP contribution is -2.45. The Morgan fingerprint density at radius 3 is 1.03 bits per heavy atom. The van der Waals surface area contributed by atoms with Gasteiger partial charge in [-0.2, -0.15) is 0 Å². The van der Waals surface area contributed by atoms with Gasteiger partial charge in [0.1, 0.15) is 0 Å². The summed E-state index contributed by atoms with van der Waals surface area (Å²) in [4.78, 5) is 24.6. The Labute approximate surface area is 438 Å². The van der Waals surface area contributed by atoms with E-state index in [2.05, 4.69) is 31.3 Å². The summed E-state index contributed by atoms with van der Waals surface area (Å²) in [5.74, 6) is -0.0680. The number of aliphatic hydroxyl groups excluding tert-OH is 2. The predicted octanol–water partition coefficient (Wildman–Crippen LogP) is 20.0. The largest absolute Gasteiger partial charge is 0.466 e. The van der Waals surface area contributed by atoms with Crippen molar-refractivity contribution in [2.24, 2.45) is 0 Å². The lowest BCUT2D eigenvalue weighted by atomic mass is 10.0. The third-order valence-electron chi connectivity index (χ3n) is 15.1. The summed E-state index contributed by atoms with van der Waals surface area (Å²) in [5, 5.41) is 23.4. The van der Waals surface area contributed by atoms with Gasteiger partial charge in [-0.05, 0) is 51.4 Å². The molecular weight excluding hydrogens is 863 g/mol. The van der Waals surface area contributed by atoms with Crippen LogP contribution in [0.15, 0.2) is 12.2 Å². The molecule has 3 N–H and O–H groups in total. The number of hydrogen-bond donors (Lipinski definition) is 3. The van der Waals surface area contributed by atoms with E-state index >= 15 is 0 Å². The average molecular weight is 989 g/mol. The van der Waals surface area contributed by atoms with Gasteiger partial charge in [0.05, 0.1) is 25.4 Å². The fourth-order valence-corrected chi connectivity index (χ4v) is 10.2. The second-order valence-electron chi connectivity index (χ2n) is 22.1. The standard InChI is InChI=1S/C64H125NO5/c1-3-5-7-9-11-13-15-17-19-21-22-23-24-25-26-27-28-29-32-36-40-44-48-52-56-62(67)61(60-66)65-63(68)57-53-49-45-41-37-33-31-35-39-43-47-51-55-59-70-64(69)58-54-50-46-42-38-34-30-20-18-16-14-12-10-8-6-4-2/h33,37,61-62,66-67H,3-32,34-36,38-60H2,1-2H3,(H,65,68)/b37-33-. The number of allylic oxidation sites excluding steroid dienone is 2. The van der Waals surface area contributed by atoms with Crippen LogP contribution in [0.1, 0.15) is 361 Å². The molecule has 1 amide bonds. The molecule has 0 rings (SSSR count). The second kappa shape index (κ2) is 60.2. The van der Waals surface area contributed by atoms with Crippen molar-refractivity contribution in [1.29, 1.82) is 0 Å². The molecular formula is C64H125NO5. The molecule has 2 unspecified atom stereocenters. The number of amides is 1. The number of carbonyl (C=O) groups excluding carboxylic acids is 2. The summed E-state index contributed by atoms with van der Waals surface area (Å²) in [6, 6.07) is -0.562. The molecule has 0 fully saturated rings. The summed E-state index contributed by atoms with van der Waals surface area (Å²) in [5.41, 5.74) is 0. The predicted molar refractivity (Wildman–Crippen MR) is 306 cm³/mol. The van der Waals surface area contributed by atoms with Crippen molar-refractivity contribution in [3.8, 4) is 0 Å². The molecule has 0 radical (unpaired) electrons. The Kier molecular flexibility index (Phi) is 59.0. The first-order valence-electron chi connectivity index (χ1n) is 31.9. The first kappa shape index (κ1) is 68.6. The fraction of sp³-hybridized carbons (Fsp3) is 0.938. The van der Waals surface area contributed by atoms with E-state index in [0.717, 1.165) is 70.6 Å². The fourth-order valence-electron chi connectivity index (χ4n) is 10.2. The van der Waals surface area contributed by atoms with Gasteiger partial charge >= 0.3 is 5.97 Å². The molecule has 0 saturated heterocycles. The van der Waals surface area contributed by atoms with Crippen LogP contribution in [-0.2, 0) is 14.3 Å². The van der Waals surface area contributed by atoms with Crippen LogP contribution < -0.4 is 5.32 Å². The molecule has 0 aliphatic carbocycles. The number of aliphatic hydroxyl groups is 2. The maximum absolute atomic E-state index is 12.5. The van der Waals surface area contributed by atoms with Gasteiger partial charge in [0.15, 0.2) is 0 Å². The van der Waals surface area contributed by atoms with Crippen molar-refractivity contribution < 1.29 is 24.5 Å². The minimum absolute atomic E-state index is 0.00775. The minimum Gasteiger partial charge on any atom is -0.466 e. The number of esters is 1. The molecule has 0 aromatic carbocycles. The van der Waals surface area contributed by atoms with Gasteiger partial charge in [-0.25, -0.2) is 0 Å². The van der Waals surface area contributed by atoms with Crippen molar-refractivity contribution in [2.45, 2.75) is 373 Å². The monoisotopic (exact) mass is 988 g/mol. The number of nitrogens with one attached hydrogen (secondary N) is 1. The molecule has 0 aliphatic heterocycles. The van der Waals surface area contributed by atoms with E-state index in [1.54, 1.807) is 0 Å². The topological polar surface area (TPSA) is 95.9 Å². The highest BCUT2D eigenvalue weighted by atomic mass is 16.5. The van der Waals surface area contributed by atoms with E-state index in [9.17, 15) is 19.8 Å². The summed E-state index contributed by atoms with van der Waals surface area (Å²) < 4.78 is 5.48.